The normalized spacial score (nSPS) is 28.7. The number of hydrogen-bond acceptors (Lipinski definition) is 10. The monoisotopic (exact) mass is 393 g/mol. The predicted molar refractivity (Wildman–Crippen MR) is 88.5 cm³/mol. The van der Waals surface area contributed by atoms with Gasteiger partial charge >= 0.3 is 6.01 Å². The van der Waals surface area contributed by atoms with Crippen molar-refractivity contribution in [3.05, 3.63) is 15.9 Å². The van der Waals surface area contributed by atoms with Crippen molar-refractivity contribution in [2.45, 2.75) is 30.6 Å². The molecule has 0 aliphatic carbocycles. The minimum absolute atomic E-state index is 0.131. The number of ether oxygens (including phenoxy) is 2. The highest BCUT2D eigenvalue weighted by Gasteiger charge is 2.44. The molecule has 2 heterocycles. The summed E-state index contributed by atoms with van der Waals surface area (Å²) >= 11 is 5.54. The largest absolute Gasteiger partial charge is 0.468 e. The van der Waals surface area contributed by atoms with Gasteiger partial charge in [-0.1, -0.05) is 0 Å². The number of nitrogens with zero attached hydrogens (tertiary/aromatic N) is 2. The lowest BCUT2D eigenvalue weighted by molar-refractivity contribution is -0.221. The summed E-state index contributed by atoms with van der Waals surface area (Å²) in [5.74, 6) is -1.50. The van der Waals surface area contributed by atoms with E-state index in [1.54, 1.807) is 0 Å². The van der Waals surface area contributed by atoms with Crippen LogP contribution in [0.2, 0.25) is 0 Å². The lowest BCUT2D eigenvalue weighted by Crippen LogP contribution is -2.60. The van der Waals surface area contributed by atoms with E-state index in [0.29, 0.717) is 0 Å². The van der Waals surface area contributed by atoms with Gasteiger partial charge in [0.15, 0.2) is 12.0 Å². The first kappa shape index (κ1) is 20.6. The van der Waals surface area contributed by atoms with Crippen LogP contribution in [0.1, 0.15) is 10.4 Å². The predicted octanol–water partition coefficient (Wildman–Crippen LogP) is -2.58. The number of nitrogens with one attached hydrogen (secondary N) is 1. The fourth-order valence-corrected chi connectivity index (χ4v) is 2.68. The quantitative estimate of drug-likeness (QED) is 0.256. The van der Waals surface area contributed by atoms with Gasteiger partial charge in [-0.3, -0.25) is 14.2 Å². The molecule has 1 aliphatic heterocycles. The summed E-state index contributed by atoms with van der Waals surface area (Å²) in [5, 5.41) is 41.5. The fourth-order valence-electron chi connectivity index (χ4n) is 2.54. The van der Waals surface area contributed by atoms with Crippen molar-refractivity contribution in [1.29, 1.82) is 0 Å². The first-order valence-electron chi connectivity index (χ1n) is 7.58. The van der Waals surface area contributed by atoms with Crippen LogP contribution in [0.5, 0.6) is 6.01 Å². The molecule has 26 heavy (non-hydrogen) atoms. The minimum Gasteiger partial charge on any atom is -0.468 e. The van der Waals surface area contributed by atoms with Gasteiger partial charge in [0.1, 0.15) is 35.8 Å². The van der Waals surface area contributed by atoms with Crippen molar-refractivity contribution in [3.8, 4) is 6.01 Å². The molecule has 12 heteroatoms. The molecule has 11 nitrogen and oxygen atoms in total. The van der Waals surface area contributed by atoms with E-state index in [1.807, 2.05) is 0 Å². The van der Waals surface area contributed by atoms with E-state index in [1.165, 1.54) is 14.2 Å². The van der Waals surface area contributed by atoms with Gasteiger partial charge in [-0.15, -0.1) is 11.6 Å². The van der Waals surface area contributed by atoms with Crippen LogP contribution < -0.4 is 15.6 Å². The van der Waals surface area contributed by atoms with Crippen LogP contribution in [-0.2, 0) is 11.8 Å². The Hall–Kier alpha value is -1.76. The van der Waals surface area contributed by atoms with Gasteiger partial charge < -0.3 is 35.2 Å². The zero-order chi connectivity index (χ0) is 19.6. The molecule has 0 bridgehead atoms. The van der Waals surface area contributed by atoms with Crippen LogP contribution in [0.3, 0.4) is 0 Å². The molecule has 0 amide bonds. The van der Waals surface area contributed by atoms with Gasteiger partial charge in [0.25, 0.3) is 5.56 Å². The average Bonchev–Trinajstić information content (AvgIpc) is 2.64. The van der Waals surface area contributed by atoms with Crippen LogP contribution >= 0.6 is 11.6 Å². The number of anilines is 1. The number of methoxy groups -OCH3 is 1. The number of halogens is 1. The smallest absolute Gasteiger partial charge is 0.300 e. The highest BCUT2D eigenvalue weighted by atomic mass is 35.5. The number of aliphatic hydroxyl groups is 4. The first-order valence-corrected chi connectivity index (χ1v) is 8.11. The van der Waals surface area contributed by atoms with Crippen molar-refractivity contribution in [2.24, 2.45) is 7.05 Å². The van der Waals surface area contributed by atoms with Gasteiger partial charge in [0.05, 0.1) is 19.6 Å². The maximum atomic E-state index is 12.4. The zero-order valence-electron chi connectivity index (χ0n) is 14.0. The van der Waals surface area contributed by atoms with Crippen LogP contribution in [0.15, 0.2) is 4.79 Å². The first-order chi connectivity index (χ1) is 12.3. The van der Waals surface area contributed by atoms with Crippen LogP contribution in [0.25, 0.3) is 0 Å². The highest BCUT2D eigenvalue weighted by molar-refractivity contribution is 6.31. The van der Waals surface area contributed by atoms with E-state index in [0.717, 1.165) is 4.57 Å². The van der Waals surface area contributed by atoms with Crippen molar-refractivity contribution in [2.75, 3.05) is 24.9 Å². The third-order valence-corrected chi connectivity index (χ3v) is 4.25. The second-order valence-corrected chi connectivity index (χ2v) is 5.90. The van der Waals surface area contributed by atoms with E-state index in [9.17, 15) is 30.0 Å². The maximum absolute atomic E-state index is 12.4. The summed E-state index contributed by atoms with van der Waals surface area (Å²) in [5.41, 5.74) is -1.13. The summed E-state index contributed by atoms with van der Waals surface area (Å²) in [6, 6.07) is -0.131. The number of hydrogen-bond donors (Lipinski definition) is 5. The average molecular weight is 394 g/mol. The molecule has 0 unspecified atom stereocenters. The summed E-state index contributed by atoms with van der Waals surface area (Å²) in [6.07, 6.45) is -7.38. The van der Waals surface area contributed by atoms with E-state index in [2.05, 4.69) is 10.3 Å². The summed E-state index contributed by atoms with van der Waals surface area (Å²) < 4.78 is 11.3. The molecule has 0 aromatic carbocycles. The van der Waals surface area contributed by atoms with Crippen LogP contribution in [-0.4, -0.2) is 86.0 Å². The molecular weight excluding hydrogens is 374 g/mol. The Morgan fingerprint density at radius 3 is 2.54 bits per heavy atom. The van der Waals surface area contributed by atoms with E-state index >= 15 is 0 Å². The molecule has 1 aromatic heterocycles. The molecule has 5 N–H and O–H groups in total. The lowest BCUT2D eigenvalue weighted by Gasteiger charge is -2.40. The molecule has 0 saturated carbocycles. The molecule has 146 valence electrons. The SMILES string of the molecule is COc1nc(N[C@@H]2O[C@@H](CO)[C@@H](O)[C@@H](O)[C@H]2O)c(C(=O)CCl)c(=O)n1C. The maximum Gasteiger partial charge on any atom is 0.300 e. The Labute approximate surface area is 152 Å². The second kappa shape index (κ2) is 8.29. The highest BCUT2D eigenvalue weighted by Crippen LogP contribution is 2.24. The standard InChI is InChI=1S/C14H20ClN3O8/c1-18-13(24)7(5(20)3-15)11(17-14(18)25-2)16-12-10(23)9(22)8(21)6(4-19)26-12/h6,8-10,12,16,19,21-23H,3-4H2,1-2H3/t6-,8+,9+,10+,12+/m0/s1. The third-order valence-electron chi connectivity index (χ3n) is 4.00. The minimum atomic E-state index is -1.64. The van der Waals surface area contributed by atoms with Gasteiger partial charge in [0, 0.05) is 7.05 Å². The number of rotatable bonds is 6. The number of carbonyl (C=O) groups excluding carboxylic acids is 1. The number of carbonyl (C=O) groups is 1. The van der Waals surface area contributed by atoms with Crippen LogP contribution in [0, 0.1) is 0 Å². The van der Waals surface area contributed by atoms with Crippen molar-refractivity contribution in [1.82, 2.24) is 9.55 Å². The van der Waals surface area contributed by atoms with Crippen molar-refractivity contribution >= 4 is 23.2 Å². The zero-order valence-corrected chi connectivity index (χ0v) is 14.8. The molecule has 5 atom stereocenters. The van der Waals surface area contributed by atoms with Gasteiger partial charge in [-0.2, -0.15) is 4.98 Å². The van der Waals surface area contributed by atoms with Crippen LogP contribution in [0.4, 0.5) is 5.82 Å². The van der Waals surface area contributed by atoms with Gasteiger partial charge in [-0.05, 0) is 0 Å². The molecule has 1 saturated heterocycles. The van der Waals surface area contributed by atoms with E-state index < -0.39 is 54.5 Å². The van der Waals surface area contributed by atoms with Crippen molar-refractivity contribution < 1.29 is 34.7 Å². The Kier molecular flexibility index (Phi) is 6.55. The molecular formula is C14H20ClN3O8. The Morgan fingerprint density at radius 2 is 2.00 bits per heavy atom. The Bertz CT molecular complexity index is 725. The van der Waals surface area contributed by atoms with Crippen molar-refractivity contribution in [3.63, 3.8) is 0 Å². The lowest BCUT2D eigenvalue weighted by atomic mass is 9.98. The summed E-state index contributed by atoms with van der Waals surface area (Å²) in [7, 11) is 2.61. The molecule has 1 fully saturated rings. The summed E-state index contributed by atoms with van der Waals surface area (Å²) in [4.78, 5) is 28.5. The molecule has 1 aliphatic rings. The Balaban J connectivity index is 2.46. The van der Waals surface area contributed by atoms with E-state index in [4.69, 9.17) is 21.1 Å². The molecule has 0 radical (unpaired) electrons. The number of ketones is 1. The van der Waals surface area contributed by atoms with E-state index in [-0.39, 0.29) is 17.4 Å². The van der Waals surface area contributed by atoms with Gasteiger partial charge in [0.2, 0.25) is 0 Å². The summed E-state index contributed by atoms with van der Waals surface area (Å²) in [6.45, 7) is -0.635. The number of alkyl halides is 1. The third kappa shape index (κ3) is 3.68. The topological polar surface area (TPSA) is 163 Å². The number of Topliss-reactive ketones (excluding diaryl/α,β-unsaturated/α-hetero) is 1. The van der Waals surface area contributed by atoms with Gasteiger partial charge in [-0.25, -0.2) is 0 Å². The number of aliphatic hydroxyl groups excluding tert-OH is 4. The molecule has 1 aromatic rings. The Morgan fingerprint density at radius 1 is 1.35 bits per heavy atom. The number of aromatic nitrogens is 2. The molecule has 0 spiro atoms. The molecule has 2 rings (SSSR count). The fraction of sp³-hybridized carbons (Fsp3) is 0.643. The second-order valence-electron chi connectivity index (χ2n) is 5.64.